The van der Waals surface area contributed by atoms with Gasteiger partial charge in [0.1, 0.15) is 0 Å². The molecule has 4 heteroatoms. The molecule has 0 aliphatic heterocycles. The highest BCUT2D eigenvalue weighted by atomic mass is 35.5. The summed E-state index contributed by atoms with van der Waals surface area (Å²) in [7, 11) is 0. The van der Waals surface area contributed by atoms with Gasteiger partial charge in [-0.25, -0.2) is 0 Å². The van der Waals surface area contributed by atoms with Crippen LogP contribution in [0.1, 0.15) is 19.3 Å². The van der Waals surface area contributed by atoms with E-state index in [2.05, 4.69) is 5.43 Å². The monoisotopic (exact) mass is 182 g/mol. The van der Waals surface area contributed by atoms with Crippen LogP contribution in [0, 0.1) is 0 Å². The van der Waals surface area contributed by atoms with Gasteiger partial charge in [0.15, 0.2) is 0 Å². The number of hydrogen-bond acceptors (Lipinski definition) is 2. The van der Waals surface area contributed by atoms with E-state index in [4.69, 9.17) is 29.0 Å². The molecule has 0 spiro atoms. The van der Waals surface area contributed by atoms with Crippen molar-refractivity contribution in [3.8, 4) is 0 Å². The number of alkyl halides is 2. The Kier molecular flexibility index (Phi) is 3.24. The van der Waals surface area contributed by atoms with Crippen LogP contribution >= 0.6 is 23.2 Å². The highest BCUT2D eigenvalue weighted by Crippen LogP contribution is 2.26. The maximum Gasteiger partial charge on any atom is 0.0365 e. The molecule has 3 N–H and O–H groups in total. The van der Waals surface area contributed by atoms with E-state index in [0.717, 1.165) is 19.3 Å². The standard InChI is InChI=1S/C6H12Cl2N2/c7-4-1-5(8)3-6(2-4)10-9/h4-6,10H,1-3,9H2. The fourth-order valence-electron chi connectivity index (χ4n) is 1.32. The Bertz CT molecular complexity index is 99.9. The van der Waals surface area contributed by atoms with Gasteiger partial charge >= 0.3 is 0 Å². The molecular weight excluding hydrogens is 171 g/mol. The van der Waals surface area contributed by atoms with Gasteiger partial charge in [-0.05, 0) is 19.3 Å². The van der Waals surface area contributed by atoms with Crippen LogP contribution in [0.4, 0.5) is 0 Å². The molecule has 1 rings (SSSR count). The van der Waals surface area contributed by atoms with Crippen LogP contribution in [0.3, 0.4) is 0 Å². The largest absolute Gasteiger partial charge is 0.271 e. The van der Waals surface area contributed by atoms with Crippen molar-refractivity contribution in [3.05, 3.63) is 0 Å². The summed E-state index contributed by atoms with van der Waals surface area (Å²) in [5, 5.41) is 0.384. The van der Waals surface area contributed by atoms with Crippen molar-refractivity contribution in [1.82, 2.24) is 5.43 Å². The average Bonchev–Trinajstić information content (AvgIpc) is 1.85. The van der Waals surface area contributed by atoms with Gasteiger partial charge < -0.3 is 0 Å². The molecule has 60 valence electrons. The minimum atomic E-state index is 0.192. The molecule has 1 fully saturated rings. The molecule has 0 heterocycles. The van der Waals surface area contributed by atoms with E-state index < -0.39 is 0 Å². The van der Waals surface area contributed by atoms with E-state index in [9.17, 15) is 0 Å². The van der Waals surface area contributed by atoms with Crippen molar-refractivity contribution in [1.29, 1.82) is 0 Å². The first kappa shape index (κ1) is 8.60. The Morgan fingerprint density at radius 2 is 1.60 bits per heavy atom. The van der Waals surface area contributed by atoms with E-state index in [1.54, 1.807) is 0 Å². The predicted molar refractivity (Wildman–Crippen MR) is 44.2 cm³/mol. The van der Waals surface area contributed by atoms with Crippen LogP contribution in [-0.4, -0.2) is 16.8 Å². The molecule has 0 bridgehead atoms. The van der Waals surface area contributed by atoms with Crippen molar-refractivity contribution >= 4 is 23.2 Å². The number of nitrogens with two attached hydrogens (primary N) is 1. The maximum atomic E-state index is 5.90. The second kappa shape index (κ2) is 3.77. The lowest BCUT2D eigenvalue weighted by Crippen LogP contribution is -2.42. The van der Waals surface area contributed by atoms with E-state index >= 15 is 0 Å². The predicted octanol–water partition coefficient (Wildman–Crippen LogP) is 1.22. The van der Waals surface area contributed by atoms with Crippen molar-refractivity contribution in [3.63, 3.8) is 0 Å². The average molecular weight is 183 g/mol. The lowest BCUT2D eigenvalue weighted by atomic mass is 9.95. The molecule has 10 heavy (non-hydrogen) atoms. The molecule has 1 saturated carbocycles. The van der Waals surface area contributed by atoms with Gasteiger partial charge in [-0.1, -0.05) is 0 Å². The summed E-state index contributed by atoms with van der Waals surface area (Å²) in [4.78, 5) is 0. The van der Waals surface area contributed by atoms with Gasteiger partial charge in [0.05, 0.1) is 0 Å². The Labute approximate surface area is 71.0 Å². The Morgan fingerprint density at radius 3 is 2.00 bits per heavy atom. The molecule has 2 unspecified atom stereocenters. The van der Waals surface area contributed by atoms with E-state index in [-0.39, 0.29) is 10.8 Å². The quantitative estimate of drug-likeness (QED) is 0.364. The third kappa shape index (κ3) is 2.27. The molecule has 2 atom stereocenters. The van der Waals surface area contributed by atoms with Crippen LogP contribution in [0.25, 0.3) is 0 Å². The highest BCUT2D eigenvalue weighted by Gasteiger charge is 2.25. The molecule has 1 aliphatic rings. The first-order valence-electron chi connectivity index (χ1n) is 3.46. The topological polar surface area (TPSA) is 38.0 Å². The van der Waals surface area contributed by atoms with Crippen LogP contribution in [-0.2, 0) is 0 Å². The molecule has 0 radical (unpaired) electrons. The van der Waals surface area contributed by atoms with Crippen LogP contribution in [0.15, 0.2) is 0 Å². The lowest BCUT2D eigenvalue weighted by Gasteiger charge is -2.28. The van der Waals surface area contributed by atoms with Gasteiger partial charge in [-0.15, -0.1) is 23.2 Å². The summed E-state index contributed by atoms with van der Waals surface area (Å²) in [6.45, 7) is 0. The summed E-state index contributed by atoms with van der Waals surface area (Å²) in [5.41, 5.74) is 2.70. The van der Waals surface area contributed by atoms with Gasteiger partial charge in [-0.2, -0.15) is 0 Å². The number of hydrogen-bond donors (Lipinski definition) is 2. The van der Waals surface area contributed by atoms with Gasteiger partial charge in [0.2, 0.25) is 0 Å². The molecule has 0 aromatic heterocycles. The number of nitrogens with one attached hydrogen (secondary N) is 1. The second-order valence-corrected chi connectivity index (χ2v) is 4.00. The molecule has 0 amide bonds. The normalized spacial score (nSPS) is 41.7. The molecule has 0 aromatic rings. The summed E-state index contributed by atoms with van der Waals surface area (Å²) >= 11 is 11.8. The second-order valence-electron chi connectivity index (χ2n) is 2.77. The molecule has 1 aliphatic carbocycles. The third-order valence-corrected chi connectivity index (χ3v) is 2.54. The van der Waals surface area contributed by atoms with Crippen LogP contribution < -0.4 is 11.3 Å². The Hall–Kier alpha value is 0.500. The highest BCUT2D eigenvalue weighted by molar-refractivity contribution is 6.23. The van der Waals surface area contributed by atoms with Gasteiger partial charge in [-0.3, -0.25) is 11.3 Å². The summed E-state index contributed by atoms with van der Waals surface area (Å²) in [5.74, 6) is 5.26. The first-order chi connectivity index (χ1) is 4.72. The van der Waals surface area contributed by atoms with Gasteiger partial charge in [0, 0.05) is 16.8 Å². The number of hydrazine groups is 1. The minimum Gasteiger partial charge on any atom is -0.271 e. The van der Waals surface area contributed by atoms with Crippen molar-refractivity contribution < 1.29 is 0 Å². The number of halogens is 2. The zero-order chi connectivity index (χ0) is 7.56. The smallest absolute Gasteiger partial charge is 0.0365 e. The van der Waals surface area contributed by atoms with Crippen molar-refractivity contribution in [2.24, 2.45) is 5.84 Å². The maximum absolute atomic E-state index is 5.90. The molecule has 0 saturated heterocycles. The fraction of sp³-hybridized carbons (Fsp3) is 1.00. The Morgan fingerprint density at radius 1 is 1.10 bits per heavy atom. The zero-order valence-corrected chi connectivity index (χ0v) is 7.20. The van der Waals surface area contributed by atoms with E-state index in [0.29, 0.717) is 6.04 Å². The molecular formula is C6H12Cl2N2. The lowest BCUT2D eigenvalue weighted by molar-refractivity contribution is 0.388. The van der Waals surface area contributed by atoms with Crippen LogP contribution in [0.2, 0.25) is 0 Å². The molecule has 2 nitrogen and oxygen atoms in total. The number of rotatable bonds is 1. The summed E-state index contributed by atoms with van der Waals surface area (Å²) in [6.07, 6.45) is 2.77. The van der Waals surface area contributed by atoms with Crippen molar-refractivity contribution in [2.45, 2.75) is 36.1 Å². The SMILES string of the molecule is NNC1CC(Cl)CC(Cl)C1. The first-order valence-corrected chi connectivity index (χ1v) is 4.34. The van der Waals surface area contributed by atoms with E-state index in [1.807, 2.05) is 0 Å². The minimum absolute atomic E-state index is 0.192. The Balaban J connectivity index is 2.35. The summed E-state index contributed by atoms with van der Waals surface area (Å²) in [6, 6.07) is 0.304. The fourth-order valence-corrected chi connectivity index (χ4v) is 2.27. The molecule has 0 aromatic carbocycles. The van der Waals surface area contributed by atoms with Crippen molar-refractivity contribution in [2.75, 3.05) is 0 Å². The summed E-state index contributed by atoms with van der Waals surface area (Å²) < 4.78 is 0. The zero-order valence-electron chi connectivity index (χ0n) is 5.69. The third-order valence-electron chi connectivity index (χ3n) is 1.83. The van der Waals surface area contributed by atoms with Crippen LogP contribution in [0.5, 0.6) is 0 Å². The van der Waals surface area contributed by atoms with Gasteiger partial charge in [0.25, 0.3) is 0 Å². The van der Waals surface area contributed by atoms with E-state index in [1.165, 1.54) is 0 Å².